The average Bonchev–Trinajstić information content (AvgIpc) is 3.06. The molecule has 0 bridgehead atoms. The quantitative estimate of drug-likeness (QED) is 0.475. The fourth-order valence-electron chi connectivity index (χ4n) is 3.98. The Morgan fingerprint density at radius 1 is 0.969 bits per heavy atom. The van der Waals surface area contributed by atoms with Crippen molar-refractivity contribution in [3.63, 3.8) is 0 Å². The second-order valence-electron chi connectivity index (χ2n) is 7.66. The molecule has 0 spiro atoms. The number of imide groups is 1. The number of ether oxygens (including phenoxy) is 3. The maximum atomic E-state index is 12.9. The highest BCUT2D eigenvalue weighted by molar-refractivity contribution is 6.21. The molecule has 5 atom stereocenters. The molecule has 8 nitrogen and oxygen atoms in total. The van der Waals surface area contributed by atoms with Gasteiger partial charge in [-0.3, -0.25) is 14.5 Å². The summed E-state index contributed by atoms with van der Waals surface area (Å²) in [7, 11) is 0. The third-order valence-corrected chi connectivity index (χ3v) is 5.56. The smallest absolute Gasteiger partial charge is 0.262 e. The van der Waals surface area contributed by atoms with Crippen molar-refractivity contribution in [1.82, 2.24) is 4.90 Å². The highest BCUT2D eigenvalue weighted by Crippen LogP contribution is 2.32. The van der Waals surface area contributed by atoms with E-state index < -0.39 is 42.5 Å². The normalized spacial score (nSPS) is 27.4. The van der Waals surface area contributed by atoms with Crippen LogP contribution in [0.4, 0.5) is 0 Å². The number of aliphatic hydroxyl groups is 2. The predicted octanol–water partition coefficient (Wildman–Crippen LogP) is 1.52. The number of amides is 2. The molecular weight excluding hydrogens is 414 g/mol. The number of aliphatic hydroxyl groups excluding tert-OH is 2. The zero-order valence-electron chi connectivity index (χ0n) is 17.4. The number of hydrogen-bond donors (Lipinski definition) is 2. The van der Waals surface area contributed by atoms with Gasteiger partial charge in [-0.05, 0) is 17.7 Å². The van der Waals surface area contributed by atoms with E-state index in [1.54, 1.807) is 24.3 Å². The molecule has 1 saturated heterocycles. The van der Waals surface area contributed by atoms with Crippen molar-refractivity contribution in [3.05, 3.63) is 83.9 Å². The monoisotopic (exact) mass is 439 g/mol. The SMILES string of the molecule is C=CCO[C@H]1O[C@H](COCc2ccccc2)[C@@H](O)[C@@H](O)[C@H]1N1C(=O)c2ccccc2C1=O. The van der Waals surface area contributed by atoms with E-state index >= 15 is 0 Å². The predicted molar refractivity (Wildman–Crippen MR) is 114 cm³/mol. The first-order chi connectivity index (χ1) is 15.5. The third-order valence-electron chi connectivity index (χ3n) is 5.56. The molecule has 4 rings (SSSR count). The summed E-state index contributed by atoms with van der Waals surface area (Å²) in [6.07, 6.45) is -3.50. The van der Waals surface area contributed by atoms with Crippen LogP contribution in [0, 0.1) is 0 Å². The first-order valence-corrected chi connectivity index (χ1v) is 10.4. The molecule has 2 aromatic rings. The summed E-state index contributed by atoms with van der Waals surface area (Å²) in [6.45, 7) is 3.94. The Morgan fingerprint density at radius 3 is 2.22 bits per heavy atom. The van der Waals surface area contributed by atoms with E-state index in [1.807, 2.05) is 30.3 Å². The summed E-state index contributed by atoms with van der Waals surface area (Å²) in [5, 5.41) is 21.6. The summed E-state index contributed by atoms with van der Waals surface area (Å²) in [5.41, 5.74) is 1.41. The zero-order chi connectivity index (χ0) is 22.7. The van der Waals surface area contributed by atoms with Gasteiger partial charge in [-0.15, -0.1) is 6.58 Å². The Morgan fingerprint density at radius 2 is 1.59 bits per heavy atom. The van der Waals surface area contributed by atoms with Crippen LogP contribution in [0.1, 0.15) is 26.3 Å². The van der Waals surface area contributed by atoms with Crippen LogP contribution < -0.4 is 0 Å². The molecule has 0 unspecified atom stereocenters. The number of benzene rings is 2. The van der Waals surface area contributed by atoms with Gasteiger partial charge >= 0.3 is 0 Å². The van der Waals surface area contributed by atoms with E-state index in [-0.39, 0.29) is 24.3 Å². The van der Waals surface area contributed by atoms with Gasteiger partial charge in [0.05, 0.1) is 30.9 Å². The van der Waals surface area contributed by atoms with Gasteiger partial charge in [0, 0.05) is 0 Å². The maximum absolute atomic E-state index is 12.9. The first kappa shape index (κ1) is 22.3. The van der Waals surface area contributed by atoms with Gasteiger partial charge in [-0.25, -0.2) is 0 Å². The summed E-state index contributed by atoms with van der Waals surface area (Å²) >= 11 is 0. The lowest BCUT2D eigenvalue weighted by molar-refractivity contribution is -0.279. The Balaban J connectivity index is 1.51. The molecule has 0 saturated carbocycles. The third kappa shape index (κ3) is 4.23. The van der Waals surface area contributed by atoms with Crippen LogP contribution in [-0.4, -0.2) is 70.8 Å². The van der Waals surface area contributed by atoms with Crippen molar-refractivity contribution in [2.24, 2.45) is 0 Å². The van der Waals surface area contributed by atoms with Crippen LogP contribution in [0.25, 0.3) is 0 Å². The van der Waals surface area contributed by atoms with E-state index in [4.69, 9.17) is 14.2 Å². The standard InChI is InChI=1S/C24H25NO7/c1-2-12-31-24-19(25-22(28)16-10-6-7-11-17(16)23(25)29)21(27)20(26)18(32-24)14-30-13-15-8-4-3-5-9-15/h2-11,18-21,24,26-27H,1,12-14H2/t18-,19-,20-,21+,24+/m1/s1. The van der Waals surface area contributed by atoms with Gasteiger partial charge in [0.2, 0.25) is 0 Å². The number of nitrogens with zero attached hydrogens (tertiary/aromatic N) is 1. The second kappa shape index (κ2) is 9.72. The molecule has 2 N–H and O–H groups in total. The van der Waals surface area contributed by atoms with E-state index in [9.17, 15) is 19.8 Å². The average molecular weight is 439 g/mol. The van der Waals surface area contributed by atoms with Crippen molar-refractivity contribution < 1.29 is 34.0 Å². The van der Waals surface area contributed by atoms with Gasteiger partial charge in [0.15, 0.2) is 6.29 Å². The molecule has 0 radical (unpaired) electrons. The van der Waals surface area contributed by atoms with Crippen LogP contribution in [0.2, 0.25) is 0 Å². The largest absolute Gasteiger partial charge is 0.388 e. The maximum Gasteiger partial charge on any atom is 0.262 e. The number of rotatable bonds is 8. The molecule has 1 fully saturated rings. The van der Waals surface area contributed by atoms with Crippen LogP contribution in [0.15, 0.2) is 67.3 Å². The lowest BCUT2D eigenvalue weighted by atomic mass is 9.95. The van der Waals surface area contributed by atoms with Crippen LogP contribution >= 0.6 is 0 Å². The summed E-state index contributed by atoms with van der Waals surface area (Å²) in [5.74, 6) is -1.15. The molecule has 32 heavy (non-hydrogen) atoms. The second-order valence-corrected chi connectivity index (χ2v) is 7.66. The van der Waals surface area contributed by atoms with Gasteiger partial charge in [0.25, 0.3) is 11.8 Å². The molecule has 2 heterocycles. The van der Waals surface area contributed by atoms with E-state index in [2.05, 4.69) is 6.58 Å². The van der Waals surface area contributed by atoms with Crippen LogP contribution in [-0.2, 0) is 20.8 Å². The molecule has 2 aliphatic rings. The van der Waals surface area contributed by atoms with E-state index in [0.717, 1.165) is 10.5 Å². The topological polar surface area (TPSA) is 106 Å². The Labute approximate surface area is 185 Å². The van der Waals surface area contributed by atoms with Crippen LogP contribution in [0.5, 0.6) is 0 Å². The zero-order valence-corrected chi connectivity index (χ0v) is 17.4. The lowest BCUT2D eigenvalue weighted by Gasteiger charge is -2.45. The Kier molecular flexibility index (Phi) is 6.78. The minimum atomic E-state index is -1.49. The molecule has 2 aromatic carbocycles. The molecule has 2 amide bonds. The van der Waals surface area contributed by atoms with Gasteiger partial charge < -0.3 is 24.4 Å². The van der Waals surface area contributed by atoms with Crippen molar-refractivity contribution >= 4 is 11.8 Å². The molecular formula is C24H25NO7. The number of hydrogen-bond acceptors (Lipinski definition) is 7. The molecule has 0 aliphatic carbocycles. The first-order valence-electron chi connectivity index (χ1n) is 10.4. The molecule has 2 aliphatic heterocycles. The number of carbonyl (C=O) groups excluding carboxylic acids is 2. The minimum Gasteiger partial charge on any atom is -0.388 e. The molecule has 8 heteroatoms. The number of carbonyl (C=O) groups is 2. The van der Waals surface area contributed by atoms with Crippen molar-refractivity contribution in [2.75, 3.05) is 13.2 Å². The Hall–Kier alpha value is -2.88. The van der Waals surface area contributed by atoms with Gasteiger partial charge in [-0.2, -0.15) is 0 Å². The summed E-state index contributed by atoms with van der Waals surface area (Å²) < 4.78 is 17.2. The molecule has 168 valence electrons. The fraction of sp³-hybridized carbons (Fsp3) is 0.333. The highest BCUT2D eigenvalue weighted by atomic mass is 16.7. The number of fused-ring (bicyclic) bond motifs is 1. The van der Waals surface area contributed by atoms with Crippen molar-refractivity contribution in [2.45, 2.75) is 37.3 Å². The molecule has 0 aromatic heterocycles. The van der Waals surface area contributed by atoms with Gasteiger partial charge in [-0.1, -0.05) is 48.5 Å². The van der Waals surface area contributed by atoms with E-state index in [1.165, 1.54) is 6.08 Å². The fourth-order valence-corrected chi connectivity index (χ4v) is 3.98. The summed E-state index contributed by atoms with van der Waals surface area (Å²) in [4.78, 5) is 26.8. The summed E-state index contributed by atoms with van der Waals surface area (Å²) in [6, 6.07) is 14.6. The van der Waals surface area contributed by atoms with Gasteiger partial charge in [0.1, 0.15) is 24.4 Å². The minimum absolute atomic E-state index is 0.0179. The lowest BCUT2D eigenvalue weighted by Crippen LogP contribution is -2.65. The Bertz CT molecular complexity index is 944. The van der Waals surface area contributed by atoms with Crippen molar-refractivity contribution in [3.8, 4) is 0 Å². The van der Waals surface area contributed by atoms with Crippen LogP contribution in [0.3, 0.4) is 0 Å². The van der Waals surface area contributed by atoms with E-state index in [0.29, 0.717) is 6.61 Å². The van der Waals surface area contributed by atoms with Crippen molar-refractivity contribution in [1.29, 1.82) is 0 Å². The highest BCUT2D eigenvalue weighted by Gasteiger charge is 2.53.